The molecule has 2 aliphatic rings. The van der Waals surface area contributed by atoms with E-state index in [0.29, 0.717) is 18.5 Å². The van der Waals surface area contributed by atoms with Gasteiger partial charge >= 0.3 is 0 Å². The fourth-order valence-corrected chi connectivity index (χ4v) is 3.48. The molecule has 0 aromatic heterocycles. The summed E-state index contributed by atoms with van der Waals surface area (Å²) in [4.78, 5) is 19.3. The van der Waals surface area contributed by atoms with E-state index < -0.39 is 0 Å². The third-order valence-electron chi connectivity index (χ3n) is 4.80. The van der Waals surface area contributed by atoms with Crippen LogP contribution in [0, 0.1) is 0 Å². The van der Waals surface area contributed by atoms with Crippen molar-refractivity contribution in [2.45, 2.75) is 12.5 Å². The van der Waals surface area contributed by atoms with E-state index in [1.54, 1.807) is 17.0 Å². The molecule has 0 aliphatic carbocycles. The monoisotopic (exact) mass is 368 g/mol. The first kappa shape index (κ1) is 17.4. The summed E-state index contributed by atoms with van der Waals surface area (Å²) in [5, 5.41) is 13.5. The molecule has 1 fully saturated rings. The highest BCUT2D eigenvalue weighted by atomic mass is 16.7. The Bertz CT molecular complexity index is 878. The van der Waals surface area contributed by atoms with E-state index >= 15 is 0 Å². The normalized spacial score (nSPS) is 19.6. The summed E-state index contributed by atoms with van der Waals surface area (Å²) in [6.45, 7) is 0.461. The Hall–Kier alpha value is -3.06. The van der Waals surface area contributed by atoms with Gasteiger partial charge in [-0.25, -0.2) is 0 Å². The van der Waals surface area contributed by atoms with Crippen LogP contribution in [-0.4, -0.2) is 54.7 Å². The standard InChI is InChI=1S/C20H20N2O5/c1-25-21-15-9-16(11-23)22(10-15)20(24)14-7-5-13(6-8-14)17-3-2-4-18-19(17)27-12-26-18/h2-8,16,23H,9-12H2,1H3/b21-15-/t16-/m0/s1. The molecule has 2 aromatic rings. The first-order chi connectivity index (χ1) is 13.2. The Morgan fingerprint density at radius 3 is 2.81 bits per heavy atom. The van der Waals surface area contributed by atoms with Crippen LogP contribution in [0.5, 0.6) is 11.5 Å². The zero-order valence-electron chi connectivity index (χ0n) is 14.9. The van der Waals surface area contributed by atoms with Crippen molar-refractivity contribution in [3.63, 3.8) is 0 Å². The van der Waals surface area contributed by atoms with Crippen LogP contribution in [0.1, 0.15) is 16.8 Å². The zero-order chi connectivity index (χ0) is 18.8. The lowest BCUT2D eigenvalue weighted by molar-refractivity contribution is 0.0680. The van der Waals surface area contributed by atoms with Crippen molar-refractivity contribution < 1.29 is 24.2 Å². The second-order valence-electron chi connectivity index (χ2n) is 6.43. The number of fused-ring (bicyclic) bond motifs is 1. The van der Waals surface area contributed by atoms with Crippen molar-refractivity contribution in [2.24, 2.45) is 5.16 Å². The number of nitrogens with zero attached hydrogens (tertiary/aromatic N) is 2. The number of rotatable bonds is 4. The highest BCUT2D eigenvalue weighted by Gasteiger charge is 2.33. The van der Waals surface area contributed by atoms with Crippen molar-refractivity contribution in [3.05, 3.63) is 48.0 Å². The summed E-state index contributed by atoms with van der Waals surface area (Å²) in [6.07, 6.45) is 0.516. The number of oxime groups is 1. The summed E-state index contributed by atoms with van der Waals surface area (Å²) in [5.74, 6) is 1.30. The average Bonchev–Trinajstić information content (AvgIpc) is 3.34. The minimum Gasteiger partial charge on any atom is -0.454 e. The van der Waals surface area contributed by atoms with E-state index in [-0.39, 0.29) is 25.3 Å². The highest BCUT2D eigenvalue weighted by Crippen LogP contribution is 2.41. The molecule has 2 heterocycles. The Balaban J connectivity index is 1.57. The molecule has 7 nitrogen and oxygen atoms in total. The molecule has 1 atom stereocenters. The van der Waals surface area contributed by atoms with Gasteiger partial charge < -0.3 is 24.3 Å². The van der Waals surface area contributed by atoms with Gasteiger partial charge in [0.1, 0.15) is 7.11 Å². The molecule has 1 N–H and O–H groups in total. The molecule has 4 rings (SSSR count). The predicted molar refractivity (Wildman–Crippen MR) is 99.0 cm³/mol. The average molecular weight is 368 g/mol. The fourth-order valence-electron chi connectivity index (χ4n) is 3.48. The largest absolute Gasteiger partial charge is 0.454 e. The maximum absolute atomic E-state index is 12.9. The first-order valence-electron chi connectivity index (χ1n) is 8.71. The van der Waals surface area contributed by atoms with Gasteiger partial charge in [-0.1, -0.05) is 29.4 Å². The predicted octanol–water partition coefficient (Wildman–Crippen LogP) is 2.29. The summed E-state index contributed by atoms with van der Waals surface area (Å²) >= 11 is 0. The second-order valence-corrected chi connectivity index (χ2v) is 6.43. The number of aliphatic hydroxyl groups excluding tert-OH is 1. The van der Waals surface area contributed by atoms with E-state index in [9.17, 15) is 9.90 Å². The second kappa shape index (κ2) is 7.28. The number of hydrogen-bond acceptors (Lipinski definition) is 6. The van der Waals surface area contributed by atoms with Gasteiger partial charge in [0.05, 0.1) is 24.9 Å². The van der Waals surface area contributed by atoms with Crippen LogP contribution < -0.4 is 9.47 Å². The number of likely N-dealkylation sites (tertiary alicyclic amines) is 1. The molecule has 0 bridgehead atoms. The van der Waals surface area contributed by atoms with Gasteiger partial charge in [-0.15, -0.1) is 0 Å². The number of ether oxygens (including phenoxy) is 2. The van der Waals surface area contributed by atoms with Crippen LogP contribution in [0.2, 0.25) is 0 Å². The topological polar surface area (TPSA) is 80.6 Å². The molecular weight excluding hydrogens is 348 g/mol. The molecule has 2 aromatic carbocycles. The van der Waals surface area contributed by atoms with Gasteiger partial charge in [0, 0.05) is 17.5 Å². The molecule has 1 saturated heterocycles. The molecular formula is C20H20N2O5. The molecule has 0 unspecified atom stereocenters. The van der Waals surface area contributed by atoms with Gasteiger partial charge in [0.15, 0.2) is 11.5 Å². The van der Waals surface area contributed by atoms with E-state index in [1.165, 1.54) is 7.11 Å². The maximum Gasteiger partial charge on any atom is 0.254 e. The number of carbonyl (C=O) groups is 1. The van der Waals surface area contributed by atoms with Crippen LogP contribution in [0.25, 0.3) is 11.1 Å². The van der Waals surface area contributed by atoms with Crippen molar-refractivity contribution in [1.82, 2.24) is 4.90 Å². The molecule has 2 aliphatic heterocycles. The highest BCUT2D eigenvalue weighted by molar-refractivity contribution is 6.00. The van der Waals surface area contributed by atoms with Gasteiger partial charge in [-0.2, -0.15) is 0 Å². The molecule has 27 heavy (non-hydrogen) atoms. The minimum absolute atomic E-state index is 0.111. The Labute approximate surface area is 156 Å². The van der Waals surface area contributed by atoms with Gasteiger partial charge in [-0.05, 0) is 23.8 Å². The van der Waals surface area contributed by atoms with Crippen molar-refractivity contribution in [3.8, 4) is 22.6 Å². The van der Waals surface area contributed by atoms with Crippen LogP contribution in [0.3, 0.4) is 0 Å². The van der Waals surface area contributed by atoms with E-state index in [2.05, 4.69) is 5.16 Å². The lowest BCUT2D eigenvalue weighted by atomic mass is 10.0. The lowest BCUT2D eigenvalue weighted by Gasteiger charge is -2.22. The Kier molecular flexibility index (Phi) is 4.68. The summed E-state index contributed by atoms with van der Waals surface area (Å²) in [5.41, 5.74) is 3.17. The molecule has 0 spiro atoms. The maximum atomic E-state index is 12.9. The van der Waals surface area contributed by atoms with Crippen LogP contribution >= 0.6 is 0 Å². The third-order valence-corrected chi connectivity index (χ3v) is 4.80. The number of benzene rings is 2. The van der Waals surface area contributed by atoms with Crippen LogP contribution in [0.4, 0.5) is 0 Å². The van der Waals surface area contributed by atoms with Gasteiger partial charge in [0.2, 0.25) is 6.79 Å². The van der Waals surface area contributed by atoms with Crippen LogP contribution in [-0.2, 0) is 4.84 Å². The van der Waals surface area contributed by atoms with E-state index in [4.69, 9.17) is 14.3 Å². The van der Waals surface area contributed by atoms with E-state index in [0.717, 1.165) is 28.3 Å². The summed E-state index contributed by atoms with van der Waals surface area (Å²) < 4.78 is 11.0. The van der Waals surface area contributed by atoms with Crippen molar-refractivity contribution >= 4 is 11.6 Å². The quantitative estimate of drug-likeness (QED) is 0.838. The zero-order valence-corrected chi connectivity index (χ0v) is 14.9. The number of carbonyl (C=O) groups excluding carboxylic acids is 1. The molecule has 0 saturated carbocycles. The van der Waals surface area contributed by atoms with Crippen molar-refractivity contribution in [1.29, 1.82) is 0 Å². The molecule has 1 amide bonds. The minimum atomic E-state index is -0.283. The van der Waals surface area contributed by atoms with Crippen LogP contribution in [0.15, 0.2) is 47.6 Å². The smallest absolute Gasteiger partial charge is 0.254 e. The van der Waals surface area contributed by atoms with E-state index in [1.807, 2.05) is 30.3 Å². The van der Waals surface area contributed by atoms with Crippen molar-refractivity contribution in [2.75, 3.05) is 27.1 Å². The molecule has 140 valence electrons. The SMILES string of the molecule is CO/N=C1/C[C@@H](CO)N(C(=O)c2ccc(-c3cccc4c3OCO4)cc2)C1. The lowest BCUT2D eigenvalue weighted by Crippen LogP contribution is -2.37. The van der Waals surface area contributed by atoms with Gasteiger partial charge in [-0.3, -0.25) is 4.79 Å². The van der Waals surface area contributed by atoms with Gasteiger partial charge in [0.25, 0.3) is 5.91 Å². The number of para-hydroxylation sites is 1. The Morgan fingerprint density at radius 2 is 2.07 bits per heavy atom. The molecule has 0 radical (unpaired) electrons. The number of amides is 1. The third kappa shape index (κ3) is 3.21. The first-order valence-corrected chi connectivity index (χ1v) is 8.71. The molecule has 7 heteroatoms. The number of hydrogen-bond donors (Lipinski definition) is 1. The summed E-state index contributed by atoms with van der Waals surface area (Å²) in [7, 11) is 1.47. The number of aliphatic hydroxyl groups is 1. The summed E-state index contributed by atoms with van der Waals surface area (Å²) in [6, 6.07) is 12.8. The Morgan fingerprint density at radius 1 is 1.26 bits per heavy atom. The fraction of sp³-hybridized carbons (Fsp3) is 0.300.